The van der Waals surface area contributed by atoms with Crippen LogP contribution in [0, 0.1) is 23.7 Å². The number of esters is 1. The number of aliphatic hydroxyl groups is 3. The molecule has 3 saturated heterocycles. The van der Waals surface area contributed by atoms with E-state index in [2.05, 4.69) is 5.32 Å². The highest BCUT2D eigenvalue weighted by molar-refractivity contribution is 7.99. The third-order valence-electron chi connectivity index (χ3n) is 16.2. The van der Waals surface area contributed by atoms with Crippen LogP contribution in [0.25, 0.3) is 10.9 Å². The molecule has 444 valence electrons. The Labute approximate surface area is 464 Å². The van der Waals surface area contributed by atoms with E-state index in [-0.39, 0.29) is 54.7 Å². The van der Waals surface area contributed by atoms with Crippen molar-refractivity contribution in [3.05, 3.63) is 40.2 Å². The molecule has 2 aromatic rings. The van der Waals surface area contributed by atoms with Crippen LogP contribution in [-0.4, -0.2) is 207 Å². The number of nitrogens with zero attached hydrogens (tertiary/aromatic N) is 3. The van der Waals surface area contributed by atoms with Crippen LogP contribution in [0.2, 0.25) is 0 Å². The summed E-state index contributed by atoms with van der Waals surface area (Å²) in [6.07, 6.45) is -9.31. The van der Waals surface area contributed by atoms with Crippen LogP contribution in [0.3, 0.4) is 0 Å². The molecule has 0 unspecified atom stereocenters. The predicted molar refractivity (Wildman–Crippen MR) is 293 cm³/mol. The van der Waals surface area contributed by atoms with Gasteiger partial charge in [-0.15, -0.1) is 11.8 Å². The Bertz CT molecular complexity index is 2550. The molecular formula is C54H88N4O18S2. The molecule has 22 nitrogen and oxygen atoms in total. The molecule has 0 bridgehead atoms. The summed E-state index contributed by atoms with van der Waals surface area (Å²) in [7, 11) is 5.83. The Kier molecular flexibility index (Phi) is 22.4. The smallest absolute Gasteiger partial charge is 0.341 e. The minimum Gasteiger partial charge on any atom is -0.477 e. The van der Waals surface area contributed by atoms with Crippen LogP contribution in [0.5, 0.6) is 0 Å². The van der Waals surface area contributed by atoms with Crippen molar-refractivity contribution in [3.63, 3.8) is 0 Å². The van der Waals surface area contributed by atoms with E-state index in [0.717, 1.165) is 4.90 Å². The molecule has 4 heterocycles. The van der Waals surface area contributed by atoms with Crippen molar-refractivity contribution in [1.29, 1.82) is 0 Å². The molecule has 1 aromatic heterocycles. The van der Waals surface area contributed by atoms with Gasteiger partial charge in [0.05, 0.1) is 58.9 Å². The van der Waals surface area contributed by atoms with Gasteiger partial charge in [0.25, 0.3) is 10.1 Å². The van der Waals surface area contributed by atoms with Crippen LogP contribution >= 0.6 is 11.8 Å². The second-order valence-corrected chi connectivity index (χ2v) is 25.5. The van der Waals surface area contributed by atoms with E-state index in [0.29, 0.717) is 24.2 Å². The zero-order valence-electron chi connectivity index (χ0n) is 48.3. The van der Waals surface area contributed by atoms with E-state index in [1.807, 2.05) is 32.0 Å². The number of cyclic esters (lactones) is 1. The lowest BCUT2D eigenvalue weighted by Gasteiger charge is -2.50. The third kappa shape index (κ3) is 14.8. The zero-order valence-corrected chi connectivity index (χ0v) is 49.9. The number of ketones is 1. The number of carboxylic acid groups (broad SMARTS) is 1. The number of carbonyl (C=O) groups excluding carboxylic acids is 2. The summed E-state index contributed by atoms with van der Waals surface area (Å²) in [5.41, 5.74) is -5.17. The predicted octanol–water partition coefficient (Wildman–Crippen LogP) is 3.39. The topological polar surface area (TPSA) is 281 Å². The molecule has 1 aromatic carbocycles. The number of ether oxygens (including phenoxy) is 7. The zero-order chi connectivity index (χ0) is 58.6. The summed E-state index contributed by atoms with van der Waals surface area (Å²) in [4.78, 5) is 56.3. The van der Waals surface area contributed by atoms with Crippen LogP contribution in [-0.2, 0) is 57.0 Å². The fraction of sp³-hybridized carbons (Fsp3) is 0.778. The van der Waals surface area contributed by atoms with Crippen molar-refractivity contribution < 1.29 is 80.6 Å². The number of carboxylic acids is 1. The number of hydrogen-bond donors (Lipinski definition) is 5. The van der Waals surface area contributed by atoms with E-state index in [4.69, 9.17) is 37.3 Å². The van der Waals surface area contributed by atoms with E-state index in [9.17, 15) is 48.0 Å². The van der Waals surface area contributed by atoms with E-state index in [1.165, 1.54) is 46.0 Å². The molecule has 5 rings (SSSR count). The molecule has 3 aliphatic heterocycles. The largest absolute Gasteiger partial charge is 0.477 e. The van der Waals surface area contributed by atoms with Crippen LogP contribution < -0.4 is 15.8 Å². The minimum absolute atomic E-state index is 0.0285. The van der Waals surface area contributed by atoms with Crippen molar-refractivity contribution in [2.45, 2.75) is 184 Å². The molecule has 0 aliphatic carbocycles. The van der Waals surface area contributed by atoms with Crippen LogP contribution in [0.15, 0.2) is 34.1 Å². The summed E-state index contributed by atoms with van der Waals surface area (Å²) < 4.78 is 79.8. The van der Waals surface area contributed by atoms with Gasteiger partial charge in [0.2, 0.25) is 5.43 Å². The standard InChI is InChI=1S/C54H88N4O18S2/c1-17-40-54(10,66)46(62)31(4)42(59)29(2)26-52(8,69-15)47(75-51-44(61)39(56(11)12)24-30(3)71-51)32(5)45(33(6)50(65)73-40)74-41-27-53(9,70-16)48(34(7)72-41)76-78(67,68)23-21-55-20-22-77-35-18-19-38-36(25-35)43(60)37(49(63)64)28-58(38)57(13)14/h18-19,25,28-34,39-41,44-48,51,55,61-62,66H,17,20-24,26-27H2,1-16H3,(H,63,64)/t29-,30-,31+,32+,33-,34+,39+,40-,41+,44-,45+,46-,47-,48+,51+,52-,53-,54-/m1/s1. The Balaban J connectivity index is 1.37. The molecule has 24 heteroatoms. The summed E-state index contributed by atoms with van der Waals surface area (Å²) in [5.74, 6) is -6.29. The van der Waals surface area contributed by atoms with Gasteiger partial charge in [-0.2, -0.15) is 8.42 Å². The Hall–Kier alpha value is -3.34. The van der Waals surface area contributed by atoms with Crippen molar-refractivity contribution in [3.8, 4) is 0 Å². The lowest BCUT2D eigenvalue weighted by Crippen LogP contribution is -2.62. The first-order chi connectivity index (χ1) is 36.3. The Morgan fingerprint density at radius 2 is 1.55 bits per heavy atom. The number of aromatic nitrogens is 1. The normalized spacial score (nSPS) is 36.8. The SMILES string of the molecule is CC[C@H]1OC(=O)[C@H](C)[C@@H](O[C@H]2C[C@@](C)(OC)[C@@H](OS(=O)(=O)CCNCCSc3ccc4c(c3)c(=O)c(C(=O)O)cn4N(C)C)[C@H](C)O2)[C@H](C)[C@@H](O[C@@H]2O[C@H](C)C[C@H](N(C)C)[C@H]2O)[C@](C)(OC)C[C@@H](C)C(=O)[C@H](C)[C@@H](O)[C@]1(C)O. The van der Waals surface area contributed by atoms with Gasteiger partial charge in [0.1, 0.15) is 35.3 Å². The number of carbonyl (C=O) groups is 3. The average molecular weight is 1150 g/mol. The van der Waals surface area contributed by atoms with Crippen LogP contribution in [0.4, 0.5) is 0 Å². The number of pyridine rings is 1. The molecule has 3 fully saturated rings. The number of fused-ring (bicyclic) bond motifs is 1. The minimum atomic E-state index is -4.22. The number of benzene rings is 1. The molecule has 5 N–H and O–H groups in total. The second-order valence-electron chi connectivity index (χ2n) is 22.6. The first-order valence-corrected chi connectivity index (χ1v) is 29.4. The Morgan fingerprint density at radius 1 is 0.910 bits per heavy atom. The van der Waals surface area contributed by atoms with Gasteiger partial charge in [-0.25, -0.2) is 4.79 Å². The fourth-order valence-electron chi connectivity index (χ4n) is 11.4. The van der Waals surface area contributed by atoms with Crippen LogP contribution in [0.1, 0.15) is 105 Å². The van der Waals surface area contributed by atoms with Crippen molar-refractivity contribution in [2.75, 3.05) is 72.0 Å². The number of methoxy groups -OCH3 is 2. The lowest BCUT2D eigenvalue weighted by molar-refractivity contribution is -0.317. The first-order valence-electron chi connectivity index (χ1n) is 26.8. The second kappa shape index (κ2) is 26.7. The first kappa shape index (κ1) is 65.5. The lowest BCUT2D eigenvalue weighted by atomic mass is 9.74. The molecule has 0 saturated carbocycles. The van der Waals surface area contributed by atoms with E-state index >= 15 is 0 Å². The van der Waals surface area contributed by atoms with Gasteiger partial charge in [-0.1, -0.05) is 27.7 Å². The summed E-state index contributed by atoms with van der Waals surface area (Å²) >= 11 is 1.41. The van der Waals surface area contributed by atoms with Gasteiger partial charge in [-0.05, 0) is 93.1 Å². The van der Waals surface area contributed by atoms with Crippen molar-refractivity contribution >= 4 is 50.5 Å². The monoisotopic (exact) mass is 1140 g/mol. The maximum atomic E-state index is 14.6. The highest BCUT2D eigenvalue weighted by atomic mass is 32.2. The third-order valence-corrected chi connectivity index (χ3v) is 18.4. The molecule has 0 amide bonds. The maximum Gasteiger partial charge on any atom is 0.341 e. The highest BCUT2D eigenvalue weighted by Gasteiger charge is 2.55. The van der Waals surface area contributed by atoms with Crippen molar-refractivity contribution in [2.24, 2.45) is 23.7 Å². The molecule has 3 aliphatic rings. The average Bonchev–Trinajstić information content (AvgIpc) is 3.39. The number of rotatable bonds is 19. The van der Waals surface area contributed by atoms with Crippen molar-refractivity contribution in [1.82, 2.24) is 14.9 Å². The molecule has 18 atom stereocenters. The summed E-state index contributed by atoms with van der Waals surface area (Å²) in [5, 5.41) is 49.9. The van der Waals surface area contributed by atoms with E-state index in [1.54, 1.807) is 84.4 Å². The number of Topliss-reactive ketones (excluding diaryl/α,β-unsaturated/α-hetero) is 1. The quantitative estimate of drug-likeness (QED) is 0.0583. The number of hydrogen-bond acceptors (Lipinski definition) is 21. The number of aliphatic hydroxyl groups excluding tert-OH is 2. The van der Waals surface area contributed by atoms with Gasteiger partial charge in [0, 0.05) is 93.9 Å². The van der Waals surface area contributed by atoms with Gasteiger partial charge >= 0.3 is 11.9 Å². The number of nitrogens with one attached hydrogen (secondary N) is 1. The fourth-order valence-corrected chi connectivity index (χ4v) is 13.4. The molecule has 0 spiro atoms. The maximum absolute atomic E-state index is 14.6. The van der Waals surface area contributed by atoms with Gasteiger partial charge in [-0.3, -0.25) is 23.2 Å². The number of thioether (sulfide) groups is 1. The summed E-state index contributed by atoms with van der Waals surface area (Å²) in [6.45, 7) is 17.0. The number of aromatic carboxylic acids is 1. The summed E-state index contributed by atoms with van der Waals surface area (Å²) in [6, 6.07) is 4.86. The molecular weight excluding hydrogens is 1060 g/mol. The molecule has 78 heavy (non-hydrogen) atoms. The number of likely N-dealkylation sites (N-methyl/N-ethyl adjacent to an activating group) is 1. The van der Waals surface area contributed by atoms with E-state index < -0.39 is 129 Å². The van der Waals surface area contributed by atoms with Gasteiger partial charge < -0.3 is 68.8 Å². The highest BCUT2D eigenvalue weighted by Crippen LogP contribution is 2.42. The Morgan fingerprint density at radius 3 is 2.14 bits per heavy atom. The van der Waals surface area contributed by atoms with Gasteiger partial charge in [0.15, 0.2) is 12.6 Å². The molecule has 0 radical (unpaired) electrons.